The van der Waals surface area contributed by atoms with Crippen LogP contribution in [0.4, 0.5) is 0 Å². The van der Waals surface area contributed by atoms with Crippen molar-refractivity contribution >= 4 is 0 Å². The van der Waals surface area contributed by atoms with Crippen molar-refractivity contribution in [3.8, 4) is 0 Å². The molecular weight excluding hydrogens is 158 g/mol. The average Bonchev–Trinajstić information content (AvgIpc) is 2.47. The van der Waals surface area contributed by atoms with Crippen LogP contribution >= 0.6 is 0 Å². The number of rotatable bonds is 0. The lowest BCUT2D eigenvalue weighted by Crippen LogP contribution is -2.24. The summed E-state index contributed by atoms with van der Waals surface area (Å²) in [5, 5.41) is 0. The summed E-state index contributed by atoms with van der Waals surface area (Å²) in [6.07, 6.45) is 12.4. The van der Waals surface area contributed by atoms with E-state index in [1.807, 2.05) is 0 Å². The van der Waals surface area contributed by atoms with Crippen molar-refractivity contribution in [3.63, 3.8) is 0 Å². The van der Waals surface area contributed by atoms with Crippen molar-refractivity contribution in [2.24, 2.45) is 5.41 Å². The molecule has 1 atom stereocenters. The molecule has 0 amide bonds. The number of hydrogen-bond donors (Lipinski definition) is 0. The van der Waals surface area contributed by atoms with Crippen LogP contribution in [-0.2, 0) is 0 Å². The van der Waals surface area contributed by atoms with E-state index in [0.717, 1.165) is 6.42 Å². The van der Waals surface area contributed by atoms with Gasteiger partial charge in [-0.3, -0.25) is 0 Å². The summed E-state index contributed by atoms with van der Waals surface area (Å²) in [7, 11) is 0. The van der Waals surface area contributed by atoms with Gasteiger partial charge in [-0.05, 0) is 23.5 Å². The monoisotopic (exact) mass is 175 g/mol. The predicted octanol–water partition coefficient (Wildman–Crippen LogP) is 3.07. The molecule has 0 saturated heterocycles. The molecule has 2 aliphatic heterocycles. The summed E-state index contributed by atoms with van der Waals surface area (Å²) in [5.74, 6) is 0. The Balaban J connectivity index is 2.22. The van der Waals surface area contributed by atoms with E-state index in [9.17, 15) is 0 Å². The van der Waals surface area contributed by atoms with E-state index in [1.54, 1.807) is 0 Å². The van der Waals surface area contributed by atoms with Crippen LogP contribution in [0.5, 0.6) is 0 Å². The van der Waals surface area contributed by atoms with Crippen LogP contribution in [0.15, 0.2) is 36.2 Å². The van der Waals surface area contributed by atoms with Crippen molar-refractivity contribution in [1.29, 1.82) is 0 Å². The number of hydrogen-bond acceptors (Lipinski definition) is 1. The maximum atomic E-state index is 2.39. The molecule has 0 aromatic heterocycles. The van der Waals surface area contributed by atoms with Crippen molar-refractivity contribution < 1.29 is 0 Å². The lowest BCUT2D eigenvalue weighted by atomic mass is 9.84. The van der Waals surface area contributed by atoms with Crippen LogP contribution in [0.25, 0.3) is 0 Å². The molecule has 1 nitrogen and oxygen atoms in total. The van der Waals surface area contributed by atoms with E-state index in [4.69, 9.17) is 0 Å². The zero-order valence-corrected chi connectivity index (χ0v) is 8.62. The molecule has 1 unspecified atom stereocenters. The SMILES string of the molecule is CC(C)(C)C1=CC2CC=CN2C=C1. The summed E-state index contributed by atoms with van der Waals surface area (Å²) in [5.41, 5.74) is 1.74. The summed E-state index contributed by atoms with van der Waals surface area (Å²) in [6.45, 7) is 6.80. The Bertz CT molecular complexity index is 289. The molecule has 0 N–H and O–H groups in total. The third-order valence-electron chi connectivity index (χ3n) is 2.70. The zero-order chi connectivity index (χ0) is 9.47. The van der Waals surface area contributed by atoms with E-state index in [0.29, 0.717) is 6.04 Å². The molecule has 0 fully saturated rings. The quantitative estimate of drug-likeness (QED) is 0.547. The standard InChI is InChI=1S/C12H17N/c1-12(2,3)10-6-8-13-7-4-5-11(13)9-10/h4,6-9,11H,5H2,1-3H3. The van der Waals surface area contributed by atoms with Gasteiger partial charge < -0.3 is 4.90 Å². The summed E-state index contributed by atoms with van der Waals surface area (Å²) >= 11 is 0. The Kier molecular flexibility index (Phi) is 1.83. The van der Waals surface area contributed by atoms with Gasteiger partial charge in [0.15, 0.2) is 0 Å². The molecule has 0 radical (unpaired) electrons. The van der Waals surface area contributed by atoms with Crippen LogP contribution in [0, 0.1) is 5.41 Å². The van der Waals surface area contributed by atoms with Crippen LogP contribution in [0.1, 0.15) is 27.2 Å². The molecule has 2 aliphatic rings. The number of fused-ring (bicyclic) bond motifs is 1. The number of allylic oxidation sites excluding steroid dienone is 2. The molecule has 0 aromatic rings. The highest BCUT2D eigenvalue weighted by Crippen LogP contribution is 2.32. The highest BCUT2D eigenvalue weighted by Gasteiger charge is 2.23. The van der Waals surface area contributed by atoms with E-state index in [2.05, 4.69) is 56.3 Å². The minimum atomic E-state index is 0.283. The second-order valence-corrected chi connectivity index (χ2v) is 4.82. The van der Waals surface area contributed by atoms with Crippen LogP contribution in [-0.4, -0.2) is 10.9 Å². The Morgan fingerprint density at radius 2 is 2.08 bits per heavy atom. The third-order valence-corrected chi connectivity index (χ3v) is 2.70. The minimum absolute atomic E-state index is 0.283. The molecule has 0 aromatic carbocycles. The largest absolute Gasteiger partial charge is 0.347 e. The first-order valence-corrected chi connectivity index (χ1v) is 4.92. The van der Waals surface area contributed by atoms with Gasteiger partial charge >= 0.3 is 0 Å². The maximum absolute atomic E-state index is 2.39. The first-order chi connectivity index (χ1) is 6.07. The van der Waals surface area contributed by atoms with Crippen LogP contribution in [0.3, 0.4) is 0 Å². The summed E-state index contributed by atoms with van der Waals surface area (Å²) in [4.78, 5) is 2.27. The van der Waals surface area contributed by atoms with Crippen molar-refractivity contribution in [1.82, 2.24) is 4.90 Å². The van der Waals surface area contributed by atoms with Gasteiger partial charge in [0.25, 0.3) is 0 Å². The predicted molar refractivity (Wildman–Crippen MR) is 56.1 cm³/mol. The Labute approximate surface area is 80.4 Å². The van der Waals surface area contributed by atoms with Crippen molar-refractivity contribution in [2.75, 3.05) is 0 Å². The van der Waals surface area contributed by atoms with E-state index >= 15 is 0 Å². The molecule has 13 heavy (non-hydrogen) atoms. The lowest BCUT2D eigenvalue weighted by Gasteiger charge is -2.29. The third kappa shape index (κ3) is 1.55. The number of nitrogens with zero attached hydrogens (tertiary/aromatic N) is 1. The highest BCUT2D eigenvalue weighted by molar-refractivity contribution is 5.32. The minimum Gasteiger partial charge on any atom is -0.347 e. The van der Waals surface area contributed by atoms with E-state index in [1.165, 1.54) is 5.57 Å². The normalized spacial score (nSPS) is 26.2. The maximum Gasteiger partial charge on any atom is 0.0551 e. The first-order valence-electron chi connectivity index (χ1n) is 4.92. The van der Waals surface area contributed by atoms with Gasteiger partial charge in [-0.2, -0.15) is 0 Å². The molecular formula is C12H17N. The van der Waals surface area contributed by atoms with Crippen LogP contribution < -0.4 is 0 Å². The van der Waals surface area contributed by atoms with Crippen molar-refractivity contribution in [3.05, 3.63) is 36.2 Å². The summed E-state index contributed by atoms with van der Waals surface area (Å²) < 4.78 is 0. The van der Waals surface area contributed by atoms with Gasteiger partial charge in [0.2, 0.25) is 0 Å². The molecule has 0 saturated carbocycles. The smallest absolute Gasteiger partial charge is 0.0551 e. The molecule has 2 heterocycles. The second kappa shape index (κ2) is 2.76. The fourth-order valence-electron chi connectivity index (χ4n) is 1.80. The Morgan fingerprint density at radius 1 is 1.31 bits per heavy atom. The molecule has 1 heteroatoms. The zero-order valence-electron chi connectivity index (χ0n) is 8.62. The van der Waals surface area contributed by atoms with Gasteiger partial charge in [-0.1, -0.05) is 32.9 Å². The fourth-order valence-corrected chi connectivity index (χ4v) is 1.80. The second-order valence-electron chi connectivity index (χ2n) is 4.82. The Hall–Kier alpha value is -0.980. The lowest BCUT2D eigenvalue weighted by molar-refractivity contribution is 0.429. The van der Waals surface area contributed by atoms with Gasteiger partial charge in [0.05, 0.1) is 6.04 Å². The van der Waals surface area contributed by atoms with Gasteiger partial charge in [-0.15, -0.1) is 0 Å². The van der Waals surface area contributed by atoms with Crippen LogP contribution in [0.2, 0.25) is 0 Å². The van der Waals surface area contributed by atoms with Crippen molar-refractivity contribution in [2.45, 2.75) is 33.2 Å². The summed E-state index contributed by atoms with van der Waals surface area (Å²) in [6, 6.07) is 0.583. The molecule has 2 rings (SSSR count). The average molecular weight is 175 g/mol. The highest BCUT2D eigenvalue weighted by atomic mass is 15.1. The van der Waals surface area contributed by atoms with E-state index < -0.39 is 0 Å². The molecule has 0 spiro atoms. The van der Waals surface area contributed by atoms with Gasteiger partial charge in [0.1, 0.15) is 0 Å². The van der Waals surface area contributed by atoms with Gasteiger partial charge in [0, 0.05) is 12.4 Å². The molecule has 70 valence electrons. The van der Waals surface area contributed by atoms with Gasteiger partial charge in [-0.25, -0.2) is 0 Å². The van der Waals surface area contributed by atoms with E-state index in [-0.39, 0.29) is 5.41 Å². The Morgan fingerprint density at radius 3 is 2.77 bits per heavy atom. The first kappa shape index (κ1) is 8.61. The topological polar surface area (TPSA) is 3.24 Å². The molecule has 0 aliphatic carbocycles. The molecule has 0 bridgehead atoms. The fraction of sp³-hybridized carbons (Fsp3) is 0.500.